The average Bonchev–Trinajstić information content (AvgIpc) is 2.89. The van der Waals surface area contributed by atoms with Crippen LogP contribution in [0.3, 0.4) is 0 Å². The number of nitrogens with two attached hydrogens (primary N) is 1. The first kappa shape index (κ1) is 13.7. The Bertz CT molecular complexity index is 619. The number of rotatable bonds is 6. The maximum absolute atomic E-state index is 12.1. The molecule has 1 amide bonds. The van der Waals surface area contributed by atoms with Gasteiger partial charge in [-0.05, 0) is 24.3 Å². The van der Waals surface area contributed by atoms with Crippen LogP contribution < -0.4 is 16.8 Å². The van der Waals surface area contributed by atoms with E-state index in [-0.39, 0.29) is 11.5 Å². The van der Waals surface area contributed by atoms with Gasteiger partial charge in [-0.25, -0.2) is 10.8 Å². The molecule has 6 nitrogen and oxygen atoms in total. The Labute approximate surface area is 114 Å². The molecule has 102 valence electrons. The van der Waals surface area contributed by atoms with Gasteiger partial charge in [0.05, 0.1) is 11.8 Å². The number of carbonyl (C=O) groups excluding carboxylic acids is 1. The maximum Gasteiger partial charge on any atom is 0.271 e. The van der Waals surface area contributed by atoms with Crippen molar-refractivity contribution < 1.29 is 4.79 Å². The fourth-order valence-electron chi connectivity index (χ4n) is 1.85. The van der Waals surface area contributed by atoms with Crippen LogP contribution >= 0.6 is 11.3 Å². The summed E-state index contributed by atoms with van der Waals surface area (Å²) in [7, 11) is 0. The largest absolute Gasteiger partial charge is 0.298 e. The molecule has 0 fully saturated rings. The van der Waals surface area contributed by atoms with Gasteiger partial charge in [0.15, 0.2) is 0 Å². The summed E-state index contributed by atoms with van der Waals surface area (Å²) < 4.78 is 2.33. The number of hydrogen-bond acceptors (Lipinski definition) is 5. The number of aromatic nitrogens is 2. The van der Waals surface area contributed by atoms with Crippen molar-refractivity contribution >= 4 is 27.5 Å². The van der Waals surface area contributed by atoms with Crippen molar-refractivity contribution in [3.63, 3.8) is 0 Å². The van der Waals surface area contributed by atoms with Crippen molar-refractivity contribution in [3.05, 3.63) is 28.1 Å². The smallest absolute Gasteiger partial charge is 0.271 e. The number of nitrogens with one attached hydrogen (secondary N) is 1. The molecule has 0 aliphatic carbocycles. The summed E-state index contributed by atoms with van der Waals surface area (Å²) in [6, 6.07) is 1.84. The predicted molar refractivity (Wildman–Crippen MR) is 74.7 cm³/mol. The average molecular weight is 280 g/mol. The molecule has 0 aliphatic heterocycles. The number of fused-ring (bicyclic) bond motifs is 1. The summed E-state index contributed by atoms with van der Waals surface area (Å²) in [5.74, 6) is 4.83. The second-order valence-corrected chi connectivity index (χ2v) is 5.17. The zero-order valence-electron chi connectivity index (χ0n) is 10.5. The lowest BCUT2D eigenvalue weighted by Gasteiger charge is -2.04. The van der Waals surface area contributed by atoms with Crippen LogP contribution in [0.5, 0.6) is 0 Å². The molecule has 3 N–H and O–H groups in total. The lowest BCUT2D eigenvalue weighted by molar-refractivity contribution is -0.121. The van der Waals surface area contributed by atoms with E-state index in [1.165, 1.54) is 11.3 Å². The van der Waals surface area contributed by atoms with E-state index in [0.29, 0.717) is 17.7 Å². The van der Waals surface area contributed by atoms with Crippen LogP contribution in [-0.2, 0) is 11.3 Å². The summed E-state index contributed by atoms with van der Waals surface area (Å²) in [5.41, 5.74) is 2.87. The molecule has 0 unspecified atom stereocenters. The van der Waals surface area contributed by atoms with Crippen molar-refractivity contribution in [2.45, 2.75) is 32.2 Å². The minimum Gasteiger partial charge on any atom is -0.298 e. The number of aryl methyl sites for hydroxylation is 1. The summed E-state index contributed by atoms with van der Waals surface area (Å²) >= 11 is 1.42. The fourth-order valence-corrected chi connectivity index (χ4v) is 2.65. The van der Waals surface area contributed by atoms with E-state index < -0.39 is 0 Å². The summed E-state index contributed by atoms with van der Waals surface area (Å²) in [5, 5.41) is 1.87. The molecule has 2 rings (SSSR count). The van der Waals surface area contributed by atoms with Gasteiger partial charge in [-0.15, -0.1) is 11.3 Å². The van der Waals surface area contributed by atoms with Crippen molar-refractivity contribution in [2.75, 3.05) is 0 Å². The van der Waals surface area contributed by atoms with Gasteiger partial charge in [0.2, 0.25) is 5.91 Å². The van der Waals surface area contributed by atoms with Crippen LogP contribution in [0, 0.1) is 0 Å². The van der Waals surface area contributed by atoms with Crippen molar-refractivity contribution in [1.82, 2.24) is 15.0 Å². The molecule has 2 aromatic heterocycles. The van der Waals surface area contributed by atoms with Gasteiger partial charge in [0.25, 0.3) is 5.56 Å². The van der Waals surface area contributed by atoms with Gasteiger partial charge in [0.1, 0.15) is 4.70 Å². The Kier molecular flexibility index (Phi) is 4.64. The standard InChI is InChI=1S/C12H16N4O2S/c13-15-10(17)4-2-1-3-6-16-8-14-9-5-7-19-11(9)12(16)18/h5,7-8H,1-4,6,13H2,(H,15,17). The third kappa shape index (κ3) is 3.39. The quantitative estimate of drug-likeness (QED) is 0.357. The van der Waals surface area contributed by atoms with Gasteiger partial charge >= 0.3 is 0 Å². The molecule has 0 spiro atoms. The van der Waals surface area contributed by atoms with Gasteiger partial charge in [-0.3, -0.25) is 19.6 Å². The zero-order chi connectivity index (χ0) is 13.7. The number of thiophene rings is 1. The minimum absolute atomic E-state index is 0.0136. The number of nitrogens with zero attached hydrogens (tertiary/aromatic N) is 2. The van der Waals surface area contributed by atoms with Crippen LogP contribution in [0.2, 0.25) is 0 Å². The molecule has 0 saturated heterocycles. The van der Waals surface area contributed by atoms with E-state index in [1.807, 2.05) is 11.4 Å². The van der Waals surface area contributed by atoms with E-state index >= 15 is 0 Å². The first-order valence-electron chi connectivity index (χ1n) is 6.14. The Morgan fingerprint density at radius 1 is 1.42 bits per heavy atom. The van der Waals surface area contributed by atoms with Crippen molar-refractivity contribution in [1.29, 1.82) is 0 Å². The molecule has 0 radical (unpaired) electrons. The maximum atomic E-state index is 12.1. The van der Waals surface area contributed by atoms with Crippen LogP contribution in [0.1, 0.15) is 25.7 Å². The van der Waals surface area contributed by atoms with E-state index in [1.54, 1.807) is 10.9 Å². The summed E-state index contributed by atoms with van der Waals surface area (Å²) in [6.45, 7) is 0.629. The minimum atomic E-state index is -0.154. The van der Waals surface area contributed by atoms with Gasteiger partial charge in [-0.2, -0.15) is 0 Å². The Morgan fingerprint density at radius 3 is 3.05 bits per heavy atom. The first-order valence-corrected chi connectivity index (χ1v) is 7.02. The summed E-state index contributed by atoms with van der Waals surface area (Å²) in [6.07, 6.45) is 4.50. The molecule has 0 saturated carbocycles. The molecule has 0 aliphatic rings. The normalized spacial score (nSPS) is 10.8. The number of hydrogen-bond donors (Lipinski definition) is 2. The second kappa shape index (κ2) is 6.44. The third-order valence-electron chi connectivity index (χ3n) is 2.90. The van der Waals surface area contributed by atoms with Crippen LogP contribution in [-0.4, -0.2) is 15.5 Å². The summed E-state index contributed by atoms with van der Waals surface area (Å²) in [4.78, 5) is 27.2. The fraction of sp³-hybridized carbons (Fsp3) is 0.417. The number of carbonyl (C=O) groups is 1. The first-order chi connectivity index (χ1) is 9.22. The van der Waals surface area contributed by atoms with Crippen LogP contribution in [0.4, 0.5) is 0 Å². The Hall–Kier alpha value is -1.73. The number of amides is 1. The highest BCUT2D eigenvalue weighted by atomic mass is 32.1. The SMILES string of the molecule is NNC(=O)CCCCCn1cnc2ccsc2c1=O. The Morgan fingerprint density at radius 2 is 2.26 bits per heavy atom. The molecule has 0 atom stereocenters. The number of hydrazine groups is 1. The van der Waals surface area contributed by atoms with Crippen LogP contribution in [0.25, 0.3) is 10.2 Å². The van der Waals surface area contributed by atoms with E-state index in [0.717, 1.165) is 24.8 Å². The Balaban J connectivity index is 1.86. The molecule has 19 heavy (non-hydrogen) atoms. The monoisotopic (exact) mass is 280 g/mol. The molecule has 0 aromatic carbocycles. The molecular formula is C12H16N4O2S. The highest BCUT2D eigenvalue weighted by Crippen LogP contribution is 2.13. The van der Waals surface area contributed by atoms with Crippen LogP contribution in [0.15, 0.2) is 22.6 Å². The molecule has 0 bridgehead atoms. The van der Waals surface area contributed by atoms with Gasteiger partial charge in [0, 0.05) is 13.0 Å². The second-order valence-electron chi connectivity index (χ2n) is 4.26. The zero-order valence-corrected chi connectivity index (χ0v) is 11.3. The van der Waals surface area contributed by atoms with E-state index in [4.69, 9.17) is 5.84 Å². The van der Waals surface area contributed by atoms with Gasteiger partial charge in [-0.1, -0.05) is 6.42 Å². The molecule has 2 heterocycles. The third-order valence-corrected chi connectivity index (χ3v) is 3.79. The highest BCUT2D eigenvalue weighted by molar-refractivity contribution is 7.17. The van der Waals surface area contributed by atoms with E-state index in [2.05, 4.69) is 10.4 Å². The molecule has 7 heteroatoms. The lowest BCUT2D eigenvalue weighted by Crippen LogP contribution is -2.29. The van der Waals surface area contributed by atoms with E-state index in [9.17, 15) is 9.59 Å². The van der Waals surface area contributed by atoms with Crippen molar-refractivity contribution in [3.8, 4) is 0 Å². The van der Waals surface area contributed by atoms with Gasteiger partial charge < -0.3 is 0 Å². The van der Waals surface area contributed by atoms with Crippen molar-refractivity contribution in [2.24, 2.45) is 5.84 Å². The highest BCUT2D eigenvalue weighted by Gasteiger charge is 2.05. The lowest BCUT2D eigenvalue weighted by atomic mass is 10.2. The molecular weight excluding hydrogens is 264 g/mol. The molecule has 2 aromatic rings. The topological polar surface area (TPSA) is 90.0 Å². The number of unbranched alkanes of at least 4 members (excludes halogenated alkanes) is 2. The predicted octanol–water partition coefficient (Wildman–Crippen LogP) is 1.01.